The third-order valence-electron chi connectivity index (χ3n) is 1.99. The van der Waals surface area contributed by atoms with E-state index in [4.69, 9.17) is 5.26 Å². The Morgan fingerprint density at radius 2 is 2.00 bits per heavy atom. The first-order valence-electron chi connectivity index (χ1n) is 4.48. The highest BCUT2D eigenvalue weighted by Crippen LogP contribution is 2.09. The quantitative estimate of drug-likeness (QED) is 0.716. The van der Waals surface area contributed by atoms with E-state index in [0.717, 1.165) is 16.7 Å². The topological polar surface area (TPSA) is 49.6 Å². The Hall–Kier alpha value is -1.95. The first-order valence-corrected chi connectivity index (χ1v) is 4.48. The molecular weight excluding hydrogens is 174 g/mol. The zero-order chi connectivity index (χ0) is 9.80. The van der Waals surface area contributed by atoms with Crippen molar-refractivity contribution < 1.29 is 0 Å². The number of hydrogen-bond acceptors (Lipinski definition) is 3. The normalized spacial score (nSPS) is 9.93. The predicted molar refractivity (Wildman–Crippen MR) is 53.5 cm³/mol. The standard InChI is InChI=1S/C11H9N3/c12-7-3-4-9-8-13-10-5-1-2-6-11(10)14-9/h1-2,5-6,8H,3-4H2. The summed E-state index contributed by atoms with van der Waals surface area (Å²) in [5.41, 5.74) is 2.67. The van der Waals surface area contributed by atoms with Crippen LogP contribution >= 0.6 is 0 Å². The van der Waals surface area contributed by atoms with Gasteiger partial charge in [-0.05, 0) is 12.1 Å². The summed E-state index contributed by atoms with van der Waals surface area (Å²) in [6.07, 6.45) is 2.90. The summed E-state index contributed by atoms with van der Waals surface area (Å²) < 4.78 is 0. The van der Waals surface area contributed by atoms with Gasteiger partial charge in [0, 0.05) is 19.0 Å². The van der Waals surface area contributed by atoms with Crippen LogP contribution in [0, 0.1) is 11.3 Å². The lowest BCUT2D eigenvalue weighted by Gasteiger charge is -1.98. The zero-order valence-corrected chi connectivity index (χ0v) is 7.64. The summed E-state index contributed by atoms with van der Waals surface area (Å²) in [4.78, 5) is 8.66. The molecule has 0 spiro atoms. The minimum absolute atomic E-state index is 0.493. The summed E-state index contributed by atoms with van der Waals surface area (Å²) in [6.45, 7) is 0. The molecule has 0 fully saturated rings. The lowest BCUT2D eigenvalue weighted by molar-refractivity contribution is 0.950. The molecule has 0 aliphatic rings. The molecule has 2 rings (SSSR count). The van der Waals surface area contributed by atoms with Crippen LogP contribution in [0.3, 0.4) is 0 Å². The number of aryl methyl sites for hydroxylation is 1. The van der Waals surface area contributed by atoms with Gasteiger partial charge in [-0.1, -0.05) is 12.1 Å². The van der Waals surface area contributed by atoms with Crippen molar-refractivity contribution >= 4 is 11.0 Å². The summed E-state index contributed by atoms with van der Waals surface area (Å²) in [7, 11) is 0. The summed E-state index contributed by atoms with van der Waals surface area (Å²) in [5.74, 6) is 0. The number of hydrogen-bond donors (Lipinski definition) is 0. The predicted octanol–water partition coefficient (Wildman–Crippen LogP) is 2.09. The number of benzene rings is 1. The van der Waals surface area contributed by atoms with E-state index in [1.165, 1.54) is 0 Å². The van der Waals surface area contributed by atoms with Crippen LogP contribution in [0.15, 0.2) is 30.5 Å². The Labute approximate surface area is 82.0 Å². The largest absolute Gasteiger partial charge is 0.253 e. The summed E-state index contributed by atoms with van der Waals surface area (Å²) in [6, 6.07) is 9.82. The van der Waals surface area contributed by atoms with E-state index in [2.05, 4.69) is 16.0 Å². The monoisotopic (exact) mass is 183 g/mol. The van der Waals surface area contributed by atoms with Crippen molar-refractivity contribution in [1.29, 1.82) is 5.26 Å². The van der Waals surface area contributed by atoms with Gasteiger partial charge in [0.1, 0.15) is 0 Å². The van der Waals surface area contributed by atoms with Crippen LogP contribution < -0.4 is 0 Å². The van der Waals surface area contributed by atoms with Crippen molar-refractivity contribution in [1.82, 2.24) is 9.97 Å². The lowest BCUT2D eigenvalue weighted by Crippen LogP contribution is -1.92. The Morgan fingerprint density at radius 3 is 2.79 bits per heavy atom. The van der Waals surface area contributed by atoms with Gasteiger partial charge in [-0.3, -0.25) is 4.98 Å². The van der Waals surface area contributed by atoms with Crippen LogP contribution in [0.2, 0.25) is 0 Å². The molecule has 68 valence electrons. The Bertz CT molecular complexity index is 485. The third-order valence-corrected chi connectivity index (χ3v) is 1.99. The molecule has 0 saturated carbocycles. The molecule has 0 atom stereocenters. The molecule has 1 heterocycles. The van der Waals surface area contributed by atoms with E-state index in [9.17, 15) is 0 Å². The van der Waals surface area contributed by atoms with Gasteiger partial charge in [0.05, 0.1) is 22.8 Å². The Kier molecular flexibility index (Phi) is 2.37. The number of para-hydroxylation sites is 2. The highest BCUT2D eigenvalue weighted by atomic mass is 14.8. The number of nitrogens with zero attached hydrogens (tertiary/aromatic N) is 3. The van der Waals surface area contributed by atoms with Gasteiger partial charge in [-0.15, -0.1) is 0 Å². The average molecular weight is 183 g/mol. The van der Waals surface area contributed by atoms with Gasteiger partial charge >= 0.3 is 0 Å². The van der Waals surface area contributed by atoms with Crippen LogP contribution in [-0.4, -0.2) is 9.97 Å². The highest BCUT2D eigenvalue weighted by Gasteiger charge is 1.98. The van der Waals surface area contributed by atoms with Gasteiger partial charge in [0.25, 0.3) is 0 Å². The molecule has 0 N–H and O–H groups in total. The molecule has 0 unspecified atom stereocenters. The maximum absolute atomic E-state index is 8.44. The molecule has 0 bridgehead atoms. The lowest BCUT2D eigenvalue weighted by atomic mass is 10.2. The number of nitriles is 1. The van der Waals surface area contributed by atoms with E-state index in [1.807, 2.05) is 24.3 Å². The fourth-order valence-electron chi connectivity index (χ4n) is 1.30. The molecule has 0 aliphatic carbocycles. The van der Waals surface area contributed by atoms with E-state index < -0.39 is 0 Å². The van der Waals surface area contributed by atoms with Crippen LogP contribution in [0.4, 0.5) is 0 Å². The van der Waals surface area contributed by atoms with Crippen molar-refractivity contribution in [3.63, 3.8) is 0 Å². The molecule has 1 aromatic heterocycles. The van der Waals surface area contributed by atoms with E-state index in [-0.39, 0.29) is 0 Å². The zero-order valence-electron chi connectivity index (χ0n) is 7.64. The Morgan fingerprint density at radius 1 is 1.21 bits per heavy atom. The molecule has 0 radical (unpaired) electrons. The second-order valence-electron chi connectivity index (χ2n) is 3.01. The van der Waals surface area contributed by atoms with Gasteiger partial charge in [-0.2, -0.15) is 5.26 Å². The van der Waals surface area contributed by atoms with Gasteiger partial charge in [0.2, 0.25) is 0 Å². The summed E-state index contributed by atoms with van der Waals surface area (Å²) in [5, 5.41) is 8.44. The van der Waals surface area contributed by atoms with Crippen LogP contribution in [0.25, 0.3) is 11.0 Å². The van der Waals surface area contributed by atoms with Crippen LogP contribution in [0.5, 0.6) is 0 Å². The first kappa shape index (κ1) is 8.64. The minimum Gasteiger partial charge on any atom is -0.253 e. The van der Waals surface area contributed by atoms with Crippen molar-refractivity contribution in [3.8, 4) is 6.07 Å². The van der Waals surface area contributed by atoms with Crippen molar-refractivity contribution in [2.75, 3.05) is 0 Å². The van der Waals surface area contributed by atoms with E-state index >= 15 is 0 Å². The molecule has 0 aliphatic heterocycles. The van der Waals surface area contributed by atoms with Gasteiger partial charge in [0.15, 0.2) is 0 Å². The van der Waals surface area contributed by atoms with E-state index in [0.29, 0.717) is 12.8 Å². The molecule has 0 saturated heterocycles. The maximum Gasteiger partial charge on any atom is 0.0890 e. The van der Waals surface area contributed by atoms with Crippen molar-refractivity contribution in [2.45, 2.75) is 12.8 Å². The van der Waals surface area contributed by atoms with Gasteiger partial charge < -0.3 is 0 Å². The molecule has 3 nitrogen and oxygen atoms in total. The molecule has 2 aromatic rings. The highest BCUT2D eigenvalue weighted by molar-refractivity contribution is 5.73. The molecule has 3 heteroatoms. The number of rotatable bonds is 2. The smallest absolute Gasteiger partial charge is 0.0890 e. The fourth-order valence-corrected chi connectivity index (χ4v) is 1.30. The van der Waals surface area contributed by atoms with Crippen molar-refractivity contribution in [2.24, 2.45) is 0 Å². The molecular formula is C11H9N3. The summed E-state index contributed by atoms with van der Waals surface area (Å²) >= 11 is 0. The van der Waals surface area contributed by atoms with Crippen molar-refractivity contribution in [3.05, 3.63) is 36.2 Å². The second kappa shape index (κ2) is 3.84. The second-order valence-corrected chi connectivity index (χ2v) is 3.01. The molecule has 1 aromatic carbocycles. The number of aromatic nitrogens is 2. The maximum atomic E-state index is 8.44. The molecule has 0 amide bonds. The Balaban J connectivity index is 2.37. The third kappa shape index (κ3) is 1.69. The number of fused-ring (bicyclic) bond motifs is 1. The van der Waals surface area contributed by atoms with Crippen LogP contribution in [-0.2, 0) is 6.42 Å². The first-order chi connectivity index (χ1) is 6.90. The average Bonchev–Trinajstić information content (AvgIpc) is 2.26. The minimum atomic E-state index is 0.493. The van der Waals surface area contributed by atoms with Crippen LogP contribution in [0.1, 0.15) is 12.1 Å². The molecule has 14 heavy (non-hydrogen) atoms. The van der Waals surface area contributed by atoms with E-state index in [1.54, 1.807) is 6.20 Å². The SMILES string of the molecule is N#CCCc1cnc2ccccc2n1. The van der Waals surface area contributed by atoms with Gasteiger partial charge in [-0.25, -0.2) is 4.98 Å². The fraction of sp³-hybridized carbons (Fsp3) is 0.182.